The predicted molar refractivity (Wildman–Crippen MR) is 66.8 cm³/mol. The van der Waals surface area contributed by atoms with Crippen molar-refractivity contribution in [1.29, 1.82) is 0 Å². The molecule has 4 heteroatoms. The van der Waals surface area contributed by atoms with Gasteiger partial charge in [0.2, 0.25) is 5.91 Å². The maximum Gasteiger partial charge on any atom is 0.240 e. The number of carbonyl (C=O) groups excluding carboxylic acids is 1. The van der Waals surface area contributed by atoms with Crippen LogP contribution in [-0.4, -0.2) is 37.2 Å². The average molecular weight is 240 g/mol. The average Bonchev–Trinajstić information content (AvgIpc) is 2.71. The van der Waals surface area contributed by atoms with Crippen molar-refractivity contribution in [1.82, 2.24) is 10.6 Å². The topological polar surface area (TPSA) is 50.4 Å². The van der Waals surface area contributed by atoms with Gasteiger partial charge in [-0.1, -0.05) is 13.8 Å². The largest absolute Gasteiger partial charge is 0.381 e. The molecule has 0 radical (unpaired) electrons. The van der Waals surface area contributed by atoms with E-state index in [1.54, 1.807) is 7.11 Å². The molecule has 0 spiro atoms. The van der Waals surface area contributed by atoms with Crippen LogP contribution >= 0.6 is 0 Å². The number of rotatable bonds is 3. The Labute approximate surface area is 103 Å². The second kappa shape index (κ2) is 4.25. The minimum Gasteiger partial charge on any atom is -0.381 e. The maximum absolute atomic E-state index is 12.2. The Balaban J connectivity index is 1.92. The van der Waals surface area contributed by atoms with Gasteiger partial charge >= 0.3 is 0 Å². The van der Waals surface area contributed by atoms with Crippen molar-refractivity contribution in [3.8, 4) is 0 Å². The molecule has 98 valence electrons. The van der Waals surface area contributed by atoms with Gasteiger partial charge in [-0.2, -0.15) is 0 Å². The number of nitrogens with one attached hydrogen (secondary N) is 2. The quantitative estimate of drug-likeness (QED) is 0.775. The number of carbonyl (C=O) groups is 1. The highest BCUT2D eigenvalue weighted by molar-refractivity contribution is 5.86. The van der Waals surface area contributed by atoms with Crippen LogP contribution in [0.4, 0.5) is 0 Å². The van der Waals surface area contributed by atoms with E-state index in [2.05, 4.69) is 24.5 Å². The minimum atomic E-state index is -0.367. The molecule has 2 N–H and O–H groups in total. The first-order chi connectivity index (χ1) is 7.90. The molecule has 3 unspecified atom stereocenters. The van der Waals surface area contributed by atoms with Gasteiger partial charge in [0, 0.05) is 18.6 Å². The van der Waals surface area contributed by atoms with Gasteiger partial charge in [0.1, 0.15) is 0 Å². The van der Waals surface area contributed by atoms with Gasteiger partial charge in [-0.15, -0.1) is 0 Å². The fourth-order valence-electron chi connectivity index (χ4n) is 2.94. The summed E-state index contributed by atoms with van der Waals surface area (Å²) in [5.74, 6) is 0.141. The van der Waals surface area contributed by atoms with Crippen molar-refractivity contribution in [3.05, 3.63) is 0 Å². The molecular weight excluding hydrogens is 216 g/mol. The van der Waals surface area contributed by atoms with Crippen molar-refractivity contribution in [2.45, 2.75) is 57.7 Å². The molecular formula is C13H24N2O2. The Hall–Kier alpha value is -0.610. The van der Waals surface area contributed by atoms with Crippen LogP contribution in [0.1, 0.15) is 40.0 Å². The Morgan fingerprint density at radius 1 is 1.41 bits per heavy atom. The van der Waals surface area contributed by atoms with Gasteiger partial charge < -0.3 is 15.4 Å². The molecule has 0 aromatic rings. The van der Waals surface area contributed by atoms with Crippen LogP contribution in [0, 0.1) is 5.41 Å². The van der Waals surface area contributed by atoms with Crippen LogP contribution < -0.4 is 10.6 Å². The lowest BCUT2D eigenvalue weighted by molar-refractivity contribution is -0.137. The van der Waals surface area contributed by atoms with Crippen LogP contribution in [-0.2, 0) is 9.53 Å². The van der Waals surface area contributed by atoms with Gasteiger partial charge in [0.25, 0.3) is 0 Å². The Morgan fingerprint density at radius 2 is 2.12 bits per heavy atom. The third-order valence-electron chi connectivity index (χ3n) is 4.64. The maximum atomic E-state index is 12.2. The monoisotopic (exact) mass is 240 g/mol. The summed E-state index contributed by atoms with van der Waals surface area (Å²) in [6.45, 7) is 7.24. The summed E-state index contributed by atoms with van der Waals surface area (Å²) in [7, 11) is 1.74. The van der Waals surface area contributed by atoms with E-state index in [1.807, 2.05) is 6.92 Å². The standard InChI is InChI=1S/C13H24N2O2/c1-12(2)9(8-10(12)17-4)15-11(16)13(3)6-5-7-14-13/h9-10,14H,5-8H2,1-4H3,(H,15,16). The molecule has 1 amide bonds. The lowest BCUT2D eigenvalue weighted by Crippen LogP contribution is -2.65. The van der Waals surface area contributed by atoms with E-state index in [0.717, 1.165) is 25.8 Å². The molecule has 0 aromatic carbocycles. The number of methoxy groups -OCH3 is 1. The molecule has 1 heterocycles. The van der Waals surface area contributed by atoms with Gasteiger partial charge in [-0.25, -0.2) is 0 Å². The number of hydrogen-bond acceptors (Lipinski definition) is 3. The summed E-state index contributed by atoms with van der Waals surface area (Å²) in [6, 6.07) is 0.235. The fourth-order valence-corrected chi connectivity index (χ4v) is 2.94. The molecule has 3 atom stereocenters. The zero-order valence-corrected chi connectivity index (χ0v) is 11.3. The molecule has 17 heavy (non-hydrogen) atoms. The van der Waals surface area contributed by atoms with Gasteiger partial charge in [0.15, 0.2) is 0 Å². The van der Waals surface area contributed by atoms with Gasteiger partial charge in [-0.05, 0) is 32.7 Å². The molecule has 2 rings (SSSR count). The first-order valence-electron chi connectivity index (χ1n) is 6.49. The van der Waals surface area contributed by atoms with Crippen molar-refractivity contribution < 1.29 is 9.53 Å². The summed E-state index contributed by atoms with van der Waals surface area (Å²) in [6.07, 6.45) is 3.20. The predicted octanol–water partition coefficient (Wildman–Crippen LogP) is 1.06. The highest BCUT2D eigenvalue weighted by Gasteiger charge is 2.50. The van der Waals surface area contributed by atoms with E-state index in [1.165, 1.54) is 0 Å². The molecule has 0 bridgehead atoms. The zero-order valence-electron chi connectivity index (χ0n) is 11.3. The third-order valence-corrected chi connectivity index (χ3v) is 4.64. The second-order valence-electron chi connectivity index (χ2n) is 6.17. The van der Waals surface area contributed by atoms with Crippen molar-refractivity contribution >= 4 is 5.91 Å². The first kappa shape index (κ1) is 12.8. The smallest absolute Gasteiger partial charge is 0.240 e. The zero-order chi connectivity index (χ0) is 12.7. The van der Waals surface area contributed by atoms with Gasteiger partial charge in [0.05, 0.1) is 11.6 Å². The van der Waals surface area contributed by atoms with E-state index in [0.29, 0.717) is 0 Å². The van der Waals surface area contributed by atoms with Crippen LogP contribution in [0.25, 0.3) is 0 Å². The molecule has 1 aliphatic carbocycles. The molecule has 2 fully saturated rings. The summed E-state index contributed by atoms with van der Waals surface area (Å²) < 4.78 is 5.40. The Kier molecular flexibility index (Phi) is 3.21. The van der Waals surface area contributed by atoms with Crippen LogP contribution in [0.2, 0.25) is 0 Å². The molecule has 4 nitrogen and oxygen atoms in total. The molecule has 1 saturated heterocycles. The van der Waals surface area contributed by atoms with Crippen LogP contribution in [0.15, 0.2) is 0 Å². The van der Waals surface area contributed by atoms with Crippen LogP contribution in [0.5, 0.6) is 0 Å². The van der Waals surface area contributed by atoms with E-state index in [4.69, 9.17) is 4.74 Å². The summed E-state index contributed by atoms with van der Waals surface area (Å²) in [5, 5.41) is 6.47. The summed E-state index contributed by atoms with van der Waals surface area (Å²) >= 11 is 0. The van der Waals surface area contributed by atoms with Crippen molar-refractivity contribution in [2.75, 3.05) is 13.7 Å². The minimum absolute atomic E-state index is 0.0410. The highest BCUT2D eigenvalue weighted by Crippen LogP contribution is 2.42. The first-order valence-corrected chi connectivity index (χ1v) is 6.49. The van der Waals surface area contributed by atoms with E-state index in [9.17, 15) is 4.79 Å². The lowest BCUT2D eigenvalue weighted by Gasteiger charge is -2.51. The van der Waals surface area contributed by atoms with E-state index in [-0.39, 0.29) is 29.0 Å². The normalized spacial score (nSPS) is 39.8. The number of ether oxygens (including phenoxy) is 1. The number of amides is 1. The van der Waals surface area contributed by atoms with Crippen LogP contribution in [0.3, 0.4) is 0 Å². The highest BCUT2D eigenvalue weighted by atomic mass is 16.5. The van der Waals surface area contributed by atoms with Gasteiger partial charge in [-0.3, -0.25) is 4.79 Å². The van der Waals surface area contributed by atoms with E-state index < -0.39 is 0 Å². The molecule has 1 aliphatic heterocycles. The lowest BCUT2D eigenvalue weighted by atomic mass is 9.64. The summed E-state index contributed by atoms with van der Waals surface area (Å²) in [5.41, 5.74) is -0.326. The Bertz CT molecular complexity index is 309. The third kappa shape index (κ3) is 2.08. The molecule has 2 aliphatic rings. The van der Waals surface area contributed by atoms with Crippen molar-refractivity contribution in [2.24, 2.45) is 5.41 Å². The molecule has 1 saturated carbocycles. The SMILES string of the molecule is COC1CC(NC(=O)C2(C)CCCN2)C1(C)C. The fraction of sp³-hybridized carbons (Fsp3) is 0.923. The number of hydrogen-bond donors (Lipinski definition) is 2. The second-order valence-corrected chi connectivity index (χ2v) is 6.17. The molecule has 0 aromatic heterocycles. The summed E-state index contributed by atoms with van der Waals surface area (Å²) in [4.78, 5) is 12.2. The Morgan fingerprint density at radius 3 is 2.59 bits per heavy atom. The van der Waals surface area contributed by atoms with Crippen molar-refractivity contribution in [3.63, 3.8) is 0 Å². The van der Waals surface area contributed by atoms with E-state index >= 15 is 0 Å².